The number of ether oxygens (including phenoxy) is 2. The summed E-state index contributed by atoms with van der Waals surface area (Å²) >= 11 is 0. The van der Waals surface area contributed by atoms with E-state index in [1.165, 1.54) is 13.1 Å². The maximum atomic E-state index is 13.1. The molecule has 0 aliphatic heterocycles. The second kappa shape index (κ2) is 13.8. The predicted octanol–water partition coefficient (Wildman–Crippen LogP) is 3.43. The summed E-state index contributed by atoms with van der Waals surface area (Å²) in [5.74, 6) is -0.785. The quantitative estimate of drug-likeness (QED) is 0.369. The molecule has 2 aromatic carbocycles. The molecular formula is C27H34N2O5. The lowest BCUT2D eigenvalue weighted by molar-refractivity contribution is -0.139. The molecule has 0 fully saturated rings. The highest BCUT2D eigenvalue weighted by atomic mass is 16.5. The number of hydrogen-bond acceptors (Lipinski definition) is 5. The van der Waals surface area contributed by atoms with Gasteiger partial charge >= 0.3 is 5.97 Å². The predicted molar refractivity (Wildman–Crippen MR) is 131 cm³/mol. The molecule has 0 aromatic heterocycles. The van der Waals surface area contributed by atoms with Gasteiger partial charge in [-0.25, -0.2) is 4.79 Å². The van der Waals surface area contributed by atoms with Crippen LogP contribution in [0.25, 0.3) is 0 Å². The molecule has 0 aliphatic carbocycles. The summed E-state index contributed by atoms with van der Waals surface area (Å²) in [5, 5.41) is 5.45. The van der Waals surface area contributed by atoms with E-state index in [2.05, 4.69) is 10.6 Å². The third-order valence-electron chi connectivity index (χ3n) is 5.23. The molecule has 0 radical (unpaired) electrons. The van der Waals surface area contributed by atoms with Gasteiger partial charge in [-0.2, -0.15) is 0 Å². The van der Waals surface area contributed by atoms with Crippen LogP contribution in [0.4, 0.5) is 0 Å². The normalized spacial score (nSPS) is 12.7. The number of benzene rings is 2. The Kier molecular flexibility index (Phi) is 10.8. The van der Waals surface area contributed by atoms with E-state index in [0.29, 0.717) is 18.6 Å². The molecule has 7 nitrogen and oxygen atoms in total. The Hall–Kier alpha value is -3.61. The van der Waals surface area contributed by atoms with Crippen molar-refractivity contribution in [3.63, 3.8) is 0 Å². The molecule has 2 N–H and O–H groups in total. The molecule has 7 heteroatoms. The number of rotatable bonds is 12. The van der Waals surface area contributed by atoms with Crippen molar-refractivity contribution < 1.29 is 23.9 Å². The second-order valence-electron chi connectivity index (χ2n) is 8.42. The van der Waals surface area contributed by atoms with E-state index in [-0.39, 0.29) is 24.3 Å². The molecule has 34 heavy (non-hydrogen) atoms. The van der Waals surface area contributed by atoms with Crippen LogP contribution in [0.2, 0.25) is 0 Å². The molecule has 2 rings (SSSR count). The van der Waals surface area contributed by atoms with Gasteiger partial charge in [0.25, 0.3) is 0 Å². The maximum Gasteiger partial charge on any atom is 0.330 e. The van der Waals surface area contributed by atoms with E-state index in [4.69, 9.17) is 9.47 Å². The fraction of sp³-hybridized carbons (Fsp3) is 0.370. The largest absolute Gasteiger partial charge is 0.497 e. The summed E-state index contributed by atoms with van der Waals surface area (Å²) in [5.41, 5.74) is 1.77. The topological polar surface area (TPSA) is 93.7 Å². The van der Waals surface area contributed by atoms with Gasteiger partial charge in [0, 0.05) is 19.5 Å². The van der Waals surface area contributed by atoms with Gasteiger partial charge in [0.05, 0.1) is 13.0 Å². The minimum absolute atomic E-state index is 0.158. The molecule has 2 atom stereocenters. The Labute approximate surface area is 201 Å². The zero-order valence-corrected chi connectivity index (χ0v) is 20.2. The molecule has 0 saturated heterocycles. The highest BCUT2D eigenvalue weighted by molar-refractivity contribution is 5.90. The minimum Gasteiger partial charge on any atom is -0.497 e. The number of carbonyl (C=O) groups is 3. The van der Waals surface area contributed by atoms with Gasteiger partial charge < -0.3 is 20.1 Å². The minimum atomic E-state index is -0.751. The van der Waals surface area contributed by atoms with Crippen molar-refractivity contribution in [2.75, 3.05) is 14.2 Å². The first-order valence-electron chi connectivity index (χ1n) is 11.4. The SMILES string of the molecule is CNC(=O)[C@H](Cc1ccc(OC)cc1)NC(=O)C(/C=C/C(=O)OCc1ccccc1)CC(C)C. The molecule has 2 aromatic rings. The van der Waals surface area contributed by atoms with Gasteiger partial charge in [-0.15, -0.1) is 0 Å². The number of likely N-dealkylation sites (N-methyl/N-ethyl adjacent to an activating group) is 1. The van der Waals surface area contributed by atoms with E-state index in [1.807, 2.05) is 68.4 Å². The van der Waals surface area contributed by atoms with Crippen molar-refractivity contribution in [3.8, 4) is 5.75 Å². The van der Waals surface area contributed by atoms with Crippen molar-refractivity contribution in [1.29, 1.82) is 0 Å². The summed E-state index contributed by atoms with van der Waals surface area (Å²) in [4.78, 5) is 37.7. The molecule has 0 spiro atoms. The van der Waals surface area contributed by atoms with Crippen LogP contribution in [0.3, 0.4) is 0 Å². The van der Waals surface area contributed by atoms with E-state index in [1.54, 1.807) is 13.2 Å². The Morgan fingerprint density at radius 1 is 0.941 bits per heavy atom. The highest BCUT2D eigenvalue weighted by Crippen LogP contribution is 2.16. The summed E-state index contributed by atoms with van der Waals surface area (Å²) in [6, 6.07) is 16.0. The Balaban J connectivity index is 2.05. The third kappa shape index (κ3) is 9.10. The lowest BCUT2D eigenvalue weighted by Gasteiger charge is -2.21. The zero-order valence-electron chi connectivity index (χ0n) is 20.2. The average molecular weight is 467 g/mol. The van der Waals surface area contributed by atoms with Crippen molar-refractivity contribution in [3.05, 3.63) is 77.9 Å². The third-order valence-corrected chi connectivity index (χ3v) is 5.23. The zero-order chi connectivity index (χ0) is 24.9. The molecule has 0 saturated carbocycles. The smallest absolute Gasteiger partial charge is 0.330 e. The first-order chi connectivity index (χ1) is 16.3. The van der Waals surface area contributed by atoms with Gasteiger partial charge in [-0.1, -0.05) is 62.4 Å². The Bertz CT molecular complexity index is 955. The molecule has 0 bridgehead atoms. The molecule has 0 aliphatic rings. The second-order valence-corrected chi connectivity index (χ2v) is 8.42. The number of hydrogen-bond donors (Lipinski definition) is 2. The molecular weight excluding hydrogens is 432 g/mol. The lowest BCUT2D eigenvalue weighted by Crippen LogP contribution is -2.48. The van der Waals surface area contributed by atoms with Crippen LogP contribution >= 0.6 is 0 Å². The average Bonchev–Trinajstić information content (AvgIpc) is 2.85. The van der Waals surface area contributed by atoms with E-state index in [0.717, 1.165) is 11.1 Å². The van der Waals surface area contributed by atoms with Crippen LogP contribution in [0.1, 0.15) is 31.4 Å². The van der Waals surface area contributed by atoms with Gasteiger partial charge in [0.15, 0.2) is 0 Å². The fourth-order valence-corrected chi connectivity index (χ4v) is 3.41. The maximum absolute atomic E-state index is 13.1. The molecule has 0 heterocycles. The monoisotopic (exact) mass is 466 g/mol. The van der Waals surface area contributed by atoms with E-state index in [9.17, 15) is 14.4 Å². The van der Waals surface area contributed by atoms with Gasteiger partial charge in [-0.05, 0) is 35.6 Å². The summed E-state index contributed by atoms with van der Waals surface area (Å²) in [6.45, 7) is 4.15. The number of nitrogens with one attached hydrogen (secondary N) is 2. The number of methoxy groups -OCH3 is 1. The number of amides is 2. The van der Waals surface area contributed by atoms with Crippen LogP contribution < -0.4 is 15.4 Å². The van der Waals surface area contributed by atoms with Crippen LogP contribution in [-0.2, 0) is 32.1 Å². The van der Waals surface area contributed by atoms with Gasteiger partial charge in [-0.3, -0.25) is 9.59 Å². The number of esters is 1. The summed E-state index contributed by atoms with van der Waals surface area (Å²) in [6.07, 6.45) is 3.69. The highest BCUT2D eigenvalue weighted by Gasteiger charge is 2.25. The Morgan fingerprint density at radius 2 is 1.62 bits per heavy atom. The van der Waals surface area contributed by atoms with Crippen LogP contribution in [0, 0.1) is 11.8 Å². The Morgan fingerprint density at radius 3 is 2.21 bits per heavy atom. The van der Waals surface area contributed by atoms with Crippen LogP contribution in [-0.4, -0.2) is 38.0 Å². The van der Waals surface area contributed by atoms with E-state index >= 15 is 0 Å². The van der Waals surface area contributed by atoms with Crippen molar-refractivity contribution in [2.24, 2.45) is 11.8 Å². The number of carbonyl (C=O) groups excluding carboxylic acids is 3. The first-order valence-corrected chi connectivity index (χ1v) is 11.4. The van der Waals surface area contributed by atoms with Crippen molar-refractivity contribution >= 4 is 17.8 Å². The standard InChI is InChI=1S/C27H34N2O5/c1-19(2)16-22(12-15-25(30)34-18-21-8-6-5-7-9-21)26(31)29-24(27(32)28-3)17-20-10-13-23(33-4)14-11-20/h5-15,19,22,24H,16-18H2,1-4H3,(H,28,32)(H,29,31)/b15-12+/t22?,24-/m0/s1. The lowest BCUT2D eigenvalue weighted by atomic mass is 9.95. The molecule has 1 unspecified atom stereocenters. The first kappa shape index (κ1) is 26.6. The van der Waals surface area contributed by atoms with Gasteiger partial charge in [0.2, 0.25) is 11.8 Å². The molecule has 182 valence electrons. The van der Waals surface area contributed by atoms with E-state index < -0.39 is 17.9 Å². The van der Waals surface area contributed by atoms with Crippen molar-refractivity contribution in [2.45, 2.75) is 39.3 Å². The summed E-state index contributed by atoms with van der Waals surface area (Å²) < 4.78 is 10.4. The van der Waals surface area contributed by atoms with Crippen LogP contribution in [0.15, 0.2) is 66.7 Å². The summed E-state index contributed by atoms with van der Waals surface area (Å²) in [7, 11) is 3.12. The van der Waals surface area contributed by atoms with Crippen molar-refractivity contribution in [1.82, 2.24) is 10.6 Å². The fourth-order valence-electron chi connectivity index (χ4n) is 3.41. The molecule has 2 amide bonds. The van der Waals surface area contributed by atoms with Gasteiger partial charge in [0.1, 0.15) is 18.4 Å². The van der Waals surface area contributed by atoms with Crippen LogP contribution in [0.5, 0.6) is 5.75 Å².